The highest BCUT2D eigenvalue weighted by Gasteiger charge is 2.48. The maximum absolute atomic E-state index is 12.6. The first kappa shape index (κ1) is 19.8. The van der Waals surface area contributed by atoms with Crippen LogP contribution in [0.2, 0.25) is 5.02 Å². The Bertz CT molecular complexity index is 1010. The molecule has 7 nitrogen and oxygen atoms in total. The van der Waals surface area contributed by atoms with Crippen molar-refractivity contribution >= 4 is 39.9 Å². The van der Waals surface area contributed by atoms with E-state index in [-0.39, 0.29) is 12.1 Å². The van der Waals surface area contributed by atoms with Crippen LogP contribution in [0.5, 0.6) is 0 Å². The molecule has 3 fully saturated rings. The van der Waals surface area contributed by atoms with E-state index in [4.69, 9.17) is 16.6 Å². The van der Waals surface area contributed by atoms with Gasteiger partial charge in [-0.3, -0.25) is 4.21 Å². The molecule has 6 rings (SSSR count). The lowest BCUT2D eigenvalue weighted by molar-refractivity contribution is 0.119. The second-order valence-electron chi connectivity index (χ2n) is 9.30. The Kier molecular flexibility index (Phi) is 4.67. The molecule has 2 saturated heterocycles. The molecule has 31 heavy (non-hydrogen) atoms. The van der Waals surface area contributed by atoms with E-state index in [1.165, 1.54) is 5.69 Å². The summed E-state index contributed by atoms with van der Waals surface area (Å²) in [5, 5.41) is 10.8. The van der Waals surface area contributed by atoms with Crippen LogP contribution in [0.15, 0.2) is 35.4 Å². The lowest BCUT2D eigenvalue weighted by atomic mass is 9.76. The third kappa shape index (κ3) is 3.14. The molecule has 1 saturated carbocycles. The van der Waals surface area contributed by atoms with Gasteiger partial charge in [0.15, 0.2) is 5.82 Å². The second-order valence-corrected chi connectivity index (χ2v) is 11.1. The number of rotatable bonds is 4. The molecule has 4 aliphatic rings. The molecule has 0 spiro atoms. The number of nitrogens with zero attached hydrogens (tertiary/aromatic N) is 5. The van der Waals surface area contributed by atoms with Gasteiger partial charge in [0.1, 0.15) is 10.8 Å². The van der Waals surface area contributed by atoms with Crippen LogP contribution < -0.4 is 14.7 Å². The van der Waals surface area contributed by atoms with E-state index in [9.17, 15) is 9.32 Å². The van der Waals surface area contributed by atoms with Gasteiger partial charge < -0.3 is 19.8 Å². The summed E-state index contributed by atoms with van der Waals surface area (Å²) in [5.41, 5.74) is 0.930. The van der Waals surface area contributed by atoms with E-state index in [2.05, 4.69) is 31.8 Å². The standard InChI is InChI=1S/C22H26ClN5O2S/c23-17-2-4-18(5-3-17)26-9-15-11-27(12-16(15)10-26)21-24-8-19-20(25-21)28(14-31(19)30)22(13-29)6-1-7-22/h2-5,8,15-16,29H,1,6-7,9-14H2/t15?,16?,31-/m1/s1. The fourth-order valence-electron chi connectivity index (χ4n) is 5.59. The van der Waals surface area contributed by atoms with E-state index in [1.54, 1.807) is 6.20 Å². The topological polar surface area (TPSA) is 72.8 Å². The SMILES string of the molecule is O=[S@@]1CN(C2(CO)CCC2)c2nc(N3CC4CN(c5ccc(Cl)cc5)CC4C3)ncc21. The van der Waals surface area contributed by atoms with Crippen molar-refractivity contribution in [1.29, 1.82) is 0 Å². The van der Waals surface area contributed by atoms with Crippen LogP contribution in [0.3, 0.4) is 0 Å². The van der Waals surface area contributed by atoms with E-state index in [0.29, 0.717) is 22.6 Å². The zero-order valence-electron chi connectivity index (χ0n) is 17.3. The predicted octanol–water partition coefficient (Wildman–Crippen LogP) is 2.50. The molecule has 1 aromatic carbocycles. The van der Waals surface area contributed by atoms with Crippen molar-refractivity contribution in [3.05, 3.63) is 35.5 Å². The van der Waals surface area contributed by atoms with Crippen molar-refractivity contribution in [3.8, 4) is 0 Å². The summed E-state index contributed by atoms with van der Waals surface area (Å²) in [6, 6.07) is 8.09. The number of fused-ring (bicyclic) bond motifs is 2. The summed E-state index contributed by atoms with van der Waals surface area (Å²) < 4.78 is 12.6. The molecule has 4 heterocycles. The number of anilines is 3. The molecule has 0 bridgehead atoms. The molecule has 1 aliphatic carbocycles. The highest BCUT2D eigenvalue weighted by atomic mass is 35.5. The third-order valence-electron chi connectivity index (χ3n) is 7.58. The summed E-state index contributed by atoms with van der Waals surface area (Å²) in [6.07, 6.45) is 4.68. The Morgan fingerprint density at radius 2 is 1.77 bits per heavy atom. The lowest BCUT2D eigenvalue weighted by Gasteiger charge is -2.47. The molecule has 2 unspecified atom stereocenters. The Hall–Kier alpha value is -1.90. The lowest BCUT2D eigenvalue weighted by Crippen LogP contribution is -2.56. The fourth-order valence-corrected chi connectivity index (χ4v) is 7.01. The van der Waals surface area contributed by atoms with Gasteiger partial charge in [0.2, 0.25) is 5.95 Å². The number of benzene rings is 1. The number of aliphatic hydroxyl groups is 1. The Balaban J connectivity index is 1.20. The largest absolute Gasteiger partial charge is 0.394 e. The minimum atomic E-state index is -1.13. The van der Waals surface area contributed by atoms with Crippen LogP contribution in [0, 0.1) is 11.8 Å². The van der Waals surface area contributed by atoms with Gasteiger partial charge in [0, 0.05) is 48.7 Å². The zero-order valence-corrected chi connectivity index (χ0v) is 18.9. The Morgan fingerprint density at radius 3 is 2.39 bits per heavy atom. The minimum absolute atomic E-state index is 0.0807. The van der Waals surface area contributed by atoms with Crippen LogP contribution in [-0.4, -0.2) is 63.5 Å². The Morgan fingerprint density at radius 1 is 1.10 bits per heavy atom. The first-order chi connectivity index (χ1) is 15.1. The third-order valence-corrected chi connectivity index (χ3v) is 9.11. The van der Waals surface area contributed by atoms with Crippen molar-refractivity contribution in [2.75, 3.05) is 53.4 Å². The predicted molar refractivity (Wildman–Crippen MR) is 122 cm³/mol. The number of aromatic nitrogens is 2. The van der Waals surface area contributed by atoms with Crippen LogP contribution >= 0.6 is 11.6 Å². The first-order valence-corrected chi connectivity index (χ1v) is 12.7. The van der Waals surface area contributed by atoms with Gasteiger partial charge in [-0.05, 0) is 43.5 Å². The number of hydrogen-bond donors (Lipinski definition) is 1. The maximum Gasteiger partial charge on any atom is 0.227 e. The quantitative estimate of drug-likeness (QED) is 0.753. The molecule has 1 N–H and O–H groups in total. The van der Waals surface area contributed by atoms with Crippen molar-refractivity contribution in [2.45, 2.75) is 29.7 Å². The van der Waals surface area contributed by atoms with Crippen molar-refractivity contribution < 1.29 is 9.32 Å². The molecule has 3 atom stereocenters. The number of halogens is 1. The molecule has 9 heteroatoms. The highest BCUT2D eigenvalue weighted by Crippen LogP contribution is 2.45. The zero-order chi connectivity index (χ0) is 21.2. The van der Waals surface area contributed by atoms with Gasteiger partial charge in [-0.15, -0.1) is 0 Å². The first-order valence-electron chi connectivity index (χ1n) is 11.0. The van der Waals surface area contributed by atoms with Gasteiger partial charge in [0.25, 0.3) is 0 Å². The van der Waals surface area contributed by atoms with Gasteiger partial charge in [0.05, 0.1) is 29.1 Å². The smallest absolute Gasteiger partial charge is 0.227 e. The monoisotopic (exact) mass is 459 g/mol. The summed E-state index contributed by atoms with van der Waals surface area (Å²) in [6.45, 7) is 4.00. The summed E-state index contributed by atoms with van der Waals surface area (Å²) in [5.74, 6) is 3.05. The molecular formula is C22H26ClN5O2S. The molecule has 1 aromatic heterocycles. The molecule has 164 valence electrons. The van der Waals surface area contributed by atoms with Crippen LogP contribution in [0.25, 0.3) is 0 Å². The molecule has 0 amide bonds. The van der Waals surface area contributed by atoms with Crippen molar-refractivity contribution in [2.24, 2.45) is 11.8 Å². The Labute approximate surface area is 189 Å². The van der Waals surface area contributed by atoms with E-state index in [0.717, 1.165) is 62.2 Å². The molecule has 0 radical (unpaired) electrons. The van der Waals surface area contributed by atoms with Crippen LogP contribution in [-0.2, 0) is 10.8 Å². The minimum Gasteiger partial charge on any atom is -0.394 e. The molecule has 2 aromatic rings. The molecular weight excluding hydrogens is 434 g/mol. The van der Waals surface area contributed by atoms with E-state index in [1.807, 2.05) is 12.1 Å². The van der Waals surface area contributed by atoms with E-state index < -0.39 is 10.8 Å². The van der Waals surface area contributed by atoms with Gasteiger partial charge in [-0.25, -0.2) is 4.98 Å². The van der Waals surface area contributed by atoms with Crippen molar-refractivity contribution in [1.82, 2.24) is 9.97 Å². The summed E-state index contributed by atoms with van der Waals surface area (Å²) in [7, 11) is -1.13. The fraction of sp³-hybridized carbons (Fsp3) is 0.545. The van der Waals surface area contributed by atoms with Gasteiger partial charge >= 0.3 is 0 Å². The van der Waals surface area contributed by atoms with Gasteiger partial charge in [-0.2, -0.15) is 4.98 Å². The van der Waals surface area contributed by atoms with Crippen LogP contribution in [0.1, 0.15) is 19.3 Å². The average Bonchev–Trinajstić information content (AvgIpc) is 3.40. The highest BCUT2D eigenvalue weighted by molar-refractivity contribution is 7.85. The van der Waals surface area contributed by atoms with E-state index >= 15 is 0 Å². The second kappa shape index (κ2) is 7.32. The number of hydrogen-bond acceptors (Lipinski definition) is 7. The maximum atomic E-state index is 12.6. The van der Waals surface area contributed by atoms with Gasteiger partial charge in [-0.1, -0.05) is 11.6 Å². The average molecular weight is 460 g/mol. The normalized spacial score (nSPS) is 28.6. The number of aliphatic hydroxyl groups excluding tert-OH is 1. The summed E-state index contributed by atoms with van der Waals surface area (Å²) >= 11 is 6.04. The summed E-state index contributed by atoms with van der Waals surface area (Å²) in [4.78, 5) is 17.0. The van der Waals surface area contributed by atoms with Crippen LogP contribution in [0.4, 0.5) is 17.5 Å². The van der Waals surface area contributed by atoms with Crippen molar-refractivity contribution in [3.63, 3.8) is 0 Å². The molecule has 3 aliphatic heterocycles.